The highest BCUT2D eigenvalue weighted by Crippen LogP contribution is 2.27. The smallest absolute Gasteiger partial charge is 0.262 e. The van der Waals surface area contributed by atoms with Gasteiger partial charge in [-0.2, -0.15) is 0 Å². The topological polar surface area (TPSA) is 93.7 Å². The van der Waals surface area contributed by atoms with Crippen LogP contribution in [-0.4, -0.2) is 28.0 Å². The lowest BCUT2D eigenvalue weighted by Crippen LogP contribution is -2.20. The molecule has 0 aliphatic heterocycles. The minimum atomic E-state index is -3.74. The van der Waals surface area contributed by atoms with Crippen molar-refractivity contribution >= 4 is 38.9 Å². The van der Waals surface area contributed by atoms with E-state index in [0.29, 0.717) is 33.5 Å². The summed E-state index contributed by atoms with van der Waals surface area (Å²) < 4.78 is 38.3. The van der Waals surface area contributed by atoms with Crippen LogP contribution in [0.2, 0.25) is 5.02 Å². The number of para-hydroxylation sites is 1. The van der Waals surface area contributed by atoms with Crippen LogP contribution in [0, 0.1) is 6.92 Å². The van der Waals surface area contributed by atoms with Gasteiger partial charge in [-0.1, -0.05) is 29.8 Å². The van der Waals surface area contributed by atoms with Gasteiger partial charge >= 0.3 is 0 Å². The van der Waals surface area contributed by atoms with E-state index in [2.05, 4.69) is 10.0 Å². The maximum Gasteiger partial charge on any atom is 0.262 e. The van der Waals surface area contributed by atoms with Crippen LogP contribution in [0.25, 0.3) is 0 Å². The van der Waals surface area contributed by atoms with Gasteiger partial charge in [-0.25, -0.2) is 8.42 Å². The molecule has 3 aromatic rings. The molecule has 0 unspecified atom stereocenters. The number of halogens is 1. The summed E-state index contributed by atoms with van der Waals surface area (Å²) in [4.78, 5) is 12.3. The summed E-state index contributed by atoms with van der Waals surface area (Å²) in [6, 6.07) is 17.9. The van der Waals surface area contributed by atoms with Gasteiger partial charge < -0.3 is 14.8 Å². The molecule has 0 spiro atoms. The van der Waals surface area contributed by atoms with Gasteiger partial charge in [0.2, 0.25) is 0 Å². The first-order valence-corrected chi connectivity index (χ1v) is 11.1. The average Bonchev–Trinajstić information content (AvgIpc) is 2.73. The number of methoxy groups -OCH3 is 1. The number of ether oxygens (including phenoxy) is 2. The minimum Gasteiger partial charge on any atom is -0.495 e. The zero-order valence-electron chi connectivity index (χ0n) is 16.9. The van der Waals surface area contributed by atoms with Crippen molar-refractivity contribution in [3.63, 3.8) is 0 Å². The fourth-order valence-corrected chi connectivity index (χ4v) is 4.16. The van der Waals surface area contributed by atoms with Gasteiger partial charge in [-0.15, -0.1) is 0 Å². The molecule has 3 aromatic carbocycles. The molecule has 0 radical (unpaired) electrons. The Kier molecular flexibility index (Phi) is 7.04. The first kappa shape index (κ1) is 22.5. The molecule has 0 saturated heterocycles. The van der Waals surface area contributed by atoms with Crippen molar-refractivity contribution in [3.8, 4) is 11.5 Å². The van der Waals surface area contributed by atoms with Crippen LogP contribution in [0.4, 0.5) is 11.4 Å². The molecule has 31 heavy (non-hydrogen) atoms. The molecule has 1 amide bonds. The predicted molar refractivity (Wildman–Crippen MR) is 121 cm³/mol. The number of carbonyl (C=O) groups is 1. The number of rotatable bonds is 8. The molecule has 2 N–H and O–H groups in total. The summed E-state index contributed by atoms with van der Waals surface area (Å²) in [6.07, 6.45) is 0. The zero-order chi connectivity index (χ0) is 22.4. The van der Waals surface area contributed by atoms with Gasteiger partial charge in [0, 0.05) is 11.4 Å². The Labute approximate surface area is 186 Å². The fraction of sp³-hybridized carbons (Fsp3) is 0.136. The van der Waals surface area contributed by atoms with Crippen LogP contribution < -0.4 is 19.5 Å². The molecular formula is C22H21ClN2O5S. The number of aryl methyl sites for hydroxylation is 1. The Balaban J connectivity index is 1.62. The molecule has 0 aromatic heterocycles. The first-order valence-electron chi connectivity index (χ1n) is 9.23. The highest BCUT2D eigenvalue weighted by Gasteiger charge is 2.16. The maximum absolute atomic E-state index is 12.6. The number of carbonyl (C=O) groups excluding carboxylic acids is 1. The van der Waals surface area contributed by atoms with E-state index in [1.807, 2.05) is 0 Å². The Morgan fingerprint density at radius 1 is 0.968 bits per heavy atom. The normalized spacial score (nSPS) is 10.9. The second kappa shape index (κ2) is 9.72. The molecule has 0 bridgehead atoms. The van der Waals surface area contributed by atoms with Gasteiger partial charge in [0.05, 0.1) is 17.0 Å². The quantitative estimate of drug-likeness (QED) is 0.517. The number of amides is 1. The van der Waals surface area contributed by atoms with Gasteiger partial charge in [0.25, 0.3) is 15.9 Å². The highest BCUT2D eigenvalue weighted by atomic mass is 35.5. The molecule has 0 heterocycles. The SMILES string of the molecule is COc1ccc(NC(=O)COc2ccc(S(=O)(=O)Nc3ccccc3)cc2C)cc1Cl. The minimum absolute atomic E-state index is 0.0959. The zero-order valence-corrected chi connectivity index (χ0v) is 18.5. The molecule has 162 valence electrons. The van der Waals surface area contributed by atoms with Crippen LogP contribution in [0.1, 0.15) is 5.56 Å². The van der Waals surface area contributed by atoms with Crippen LogP contribution in [0.5, 0.6) is 11.5 Å². The van der Waals surface area contributed by atoms with E-state index in [1.165, 1.54) is 25.3 Å². The van der Waals surface area contributed by atoms with Crippen molar-refractivity contribution in [2.45, 2.75) is 11.8 Å². The van der Waals surface area contributed by atoms with Crippen LogP contribution in [0.3, 0.4) is 0 Å². The molecule has 9 heteroatoms. The van der Waals surface area contributed by atoms with Gasteiger partial charge in [0.15, 0.2) is 6.61 Å². The van der Waals surface area contributed by atoms with Crippen molar-refractivity contribution < 1.29 is 22.7 Å². The number of hydrogen-bond acceptors (Lipinski definition) is 5. The standard InChI is InChI=1S/C22H21ClN2O5S/c1-15-12-18(31(27,28)25-16-6-4-3-5-7-16)9-11-20(15)30-14-22(26)24-17-8-10-21(29-2)19(23)13-17/h3-13,25H,14H2,1-2H3,(H,24,26). The largest absolute Gasteiger partial charge is 0.495 e. The Morgan fingerprint density at radius 3 is 2.32 bits per heavy atom. The summed E-state index contributed by atoms with van der Waals surface area (Å²) in [6.45, 7) is 1.46. The third kappa shape index (κ3) is 5.90. The lowest BCUT2D eigenvalue weighted by molar-refractivity contribution is -0.118. The predicted octanol–water partition coefficient (Wildman–Crippen LogP) is 4.48. The molecule has 0 saturated carbocycles. The molecule has 3 rings (SSSR count). The summed E-state index contributed by atoms with van der Waals surface area (Å²) in [5.41, 5.74) is 1.55. The van der Waals surface area contributed by atoms with Crippen molar-refractivity contribution in [1.29, 1.82) is 0 Å². The third-order valence-electron chi connectivity index (χ3n) is 4.28. The van der Waals surface area contributed by atoms with Crippen molar-refractivity contribution in [3.05, 3.63) is 77.3 Å². The molecule has 0 aliphatic rings. The second-order valence-corrected chi connectivity index (χ2v) is 8.67. The van der Waals surface area contributed by atoms with E-state index in [9.17, 15) is 13.2 Å². The third-order valence-corrected chi connectivity index (χ3v) is 5.95. The van der Waals surface area contributed by atoms with Crippen LogP contribution in [0.15, 0.2) is 71.6 Å². The summed E-state index contributed by atoms with van der Waals surface area (Å²) in [5.74, 6) is 0.521. The average molecular weight is 461 g/mol. The summed E-state index contributed by atoms with van der Waals surface area (Å²) in [5, 5.41) is 3.05. The summed E-state index contributed by atoms with van der Waals surface area (Å²) >= 11 is 6.05. The molecule has 0 aliphatic carbocycles. The lowest BCUT2D eigenvalue weighted by atomic mass is 10.2. The molecule has 7 nitrogen and oxygen atoms in total. The first-order chi connectivity index (χ1) is 14.8. The highest BCUT2D eigenvalue weighted by molar-refractivity contribution is 7.92. The van der Waals surface area contributed by atoms with Crippen molar-refractivity contribution in [2.75, 3.05) is 23.8 Å². The molecular weight excluding hydrogens is 440 g/mol. The molecule has 0 fully saturated rings. The van der Waals surface area contributed by atoms with E-state index in [0.717, 1.165) is 0 Å². The van der Waals surface area contributed by atoms with Gasteiger partial charge in [0.1, 0.15) is 11.5 Å². The number of nitrogens with one attached hydrogen (secondary N) is 2. The van der Waals surface area contributed by atoms with E-state index in [4.69, 9.17) is 21.1 Å². The number of sulfonamides is 1. The lowest BCUT2D eigenvalue weighted by Gasteiger charge is -2.13. The monoisotopic (exact) mass is 460 g/mol. The van der Waals surface area contributed by atoms with E-state index in [1.54, 1.807) is 55.5 Å². The fourth-order valence-electron chi connectivity index (χ4n) is 2.76. The van der Waals surface area contributed by atoms with E-state index < -0.39 is 10.0 Å². The number of anilines is 2. The van der Waals surface area contributed by atoms with E-state index >= 15 is 0 Å². The van der Waals surface area contributed by atoms with Crippen LogP contribution in [-0.2, 0) is 14.8 Å². The van der Waals surface area contributed by atoms with Gasteiger partial charge in [-0.3, -0.25) is 9.52 Å². The summed E-state index contributed by atoms with van der Waals surface area (Å²) in [7, 11) is -2.24. The number of benzene rings is 3. The Bertz CT molecular complexity index is 1180. The van der Waals surface area contributed by atoms with E-state index in [-0.39, 0.29) is 17.4 Å². The van der Waals surface area contributed by atoms with Gasteiger partial charge in [-0.05, 0) is 61.0 Å². The van der Waals surface area contributed by atoms with Crippen LogP contribution >= 0.6 is 11.6 Å². The van der Waals surface area contributed by atoms with Crippen molar-refractivity contribution in [2.24, 2.45) is 0 Å². The Hall–Kier alpha value is -3.23. The van der Waals surface area contributed by atoms with Crippen molar-refractivity contribution in [1.82, 2.24) is 0 Å². The molecule has 0 atom stereocenters. The Morgan fingerprint density at radius 2 is 1.68 bits per heavy atom. The maximum atomic E-state index is 12.6. The number of hydrogen-bond donors (Lipinski definition) is 2. The second-order valence-electron chi connectivity index (χ2n) is 6.59.